The normalized spacial score (nSPS) is 10.5. The van der Waals surface area contributed by atoms with Gasteiger partial charge in [0.2, 0.25) is 11.8 Å². The first-order chi connectivity index (χ1) is 19.8. The van der Waals surface area contributed by atoms with Crippen molar-refractivity contribution < 1.29 is 14.3 Å². The van der Waals surface area contributed by atoms with E-state index in [1.165, 1.54) is 11.0 Å². The topological polar surface area (TPSA) is 83.6 Å². The molecular weight excluding hydrogens is 630 g/mol. The Hall–Kier alpha value is -3.49. The van der Waals surface area contributed by atoms with Gasteiger partial charge in [0.15, 0.2) is 0 Å². The molecule has 2 amide bonds. The molecule has 4 aromatic rings. The highest BCUT2D eigenvalue weighted by Crippen LogP contribution is 2.35. The summed E-state index contributed by atoms with van der Waals surface area (Å²) >= 11 is 13.2. The Kier molecular flexibility index (Phi) is 14.1. The average molecular weight is 664 g/mol. The predicted molar refractivity (Wildman–Crippen MR) is 182 cm³/mol. The van der Waals surface area contributed by atoms with Crippen LogP contribution in [0.2, 0.25) is 10.0 Å². The van der Waals surface area contributed by atoms with E-state index in [0.717, 1.165) is 40.8 Å². The van der Waals surface area contributed by atoms with Gasteiger partial charge in [-0.25, -0.2) is 4.98 Å². The summed E-state index contributed by atoms with van der Waals surface area (Å²) in [6.07, 6.45) is 4.14. The lowest BCUT2D eigenvalue weighted by Gasteiger charge is -2.21. The Morgan fingerprint density at radius 1 is 1.00 bits per heavy atom. The maximum Gasteiger partial charge on any atom is 0.246 e. The van der Waals surface area contributed by atoms with Crippen LogP contribution in [0, 0.1) is 6.92 Å². The maximum atomic E-state index is 12.9. The van der Waals surface area contributed by atoms with Crippen molar-refractivity contribution in [2.24, 2.45) is 0 Å². The number of aromatic nitrogens is 1. The van der Waals surface area contributed by atoms with Gasteiger partial charge in [0.25, 0.3) is 0 Å². The van der Waals surface area contributed by atoms with Crippen LogP contribution in [0.15, 0.2) is 72.8 Å². The number of ether oxygens (including phenoxy) is 1. The number of rotatable bonds is 11. The van der Waals surface area contributed by atoms with Gasteiger partial charge in [-0.2, -0.15) is 0 Å². The van der Waals surface area contributed by atoms with Gasteiger partial charge >= 0.3 is 0 Å². The summed E-state index contributed by atoms with van der Waals surface area (Å²) in [5.41, 5.74) is 4.52. The molecule has 0 saturated carbocycles. The van der Waals surface area contributed by atoms with E-state index in [-0.39, 0.29) is 49.8 Å². The van der Waals surface area contributed by atoms with E-state index < -0.39 is 0 Å². The summed E-state index contributed by atoms with van der Waals surface area (Å²) in [5.74, 6) is -0.119. The van der Waals surface area contributed by atoms with E-state index in [1.54, 1.807) is 25.3 Å². The molecule has 0 fully saturated rings. The largest absolute Gasteiger partial charge is 0.487 e. The Morgan fingerprint density at radius 2 is 1.74 bits per heavy atom. The number of aryl methyl sites for hydroxylation is 1. The minimum atomic E-state index is -0.379. The van der Waals surface area contributed by atoms with Crippen molar-refractivity contribution in [2.45, 2.75) is 26.9 Å². The lowest BCUT2D eigenvalue weighted by Crippen LogP contribution is -2.37. The number of fused-ring (bicyclic) bond motifs is 1. The van der Waals surface area contributed by atoms with Crippen LogP contribution in [0.4, 0.5) is 11.4 Å². The van der Waals surface area contributed by atoms with E-state index in [9.17, 15) is 9.59 Å². The molecule has 4 rings (SSSR count). The van der Waals surface area contributed by atoms with Crippen LogP contribution in [-0.2, 0) is 16.2 Å². The SMILES string of the molecule is CCCNc1ccc(/C=C/C(=O)NCC(=O)N(C)c2ccc(Cl)c(COc3cccc4ccc(C)nc34)c2Cl)cc1.Cl.Cl. The van der Waals surface area contributed by atoms with Crippen molar-refractivity contribution in [3.05, 3.63) is 99.7 Å². The molecule has 0 unspecified atom stereocenters. The molecule has 43 heavy (non-hydrogen) atoms. The fourth-order valence-corrected chi connectivity index (χ4v) is 4.69. The quantitative estimate of drug-likeness (QED) is 0.160. The van der Waals surface area contributed by atoms with Gasteiger partial charge in [0, 0.05) is 47.0 Å². The van der Waals surface area contributed by atoms with Gasteiger partial charge in [-0.05, 0) is 61.4 Å². The molecule has 0 spiro atoms. The van der Waals surface area contributed by atoms with Crippen molar-refractivity contribution in [3.8, 4) is 5.75 Å². The molecule has 228 valence electrons. The van der Waals surface area contributed by atoms with Gasteiger partial charge in [0.1, 0.15) is 17.9 Å². The lowest BCUT2D eigenvalue weighted by molar-refractivity contribution is -0.122. The van der Waals surface area contributed by atoms with Gasteiger partial charge < -0.3 is 20.3 Å². The second-order valence-corrected chi connectivity index (χ2v) is 10.3. The Labute approximate surface area is 274 Å². The van der Waals surface area contributed by atoms with Crippen LogP contribution >= 0.6 is 48.0 Å². The predicted octanol–water partition coefficient (Wildman–Crippen LogP) is 7.89. The van der Waals surface area contributed by atoms with Gasteiger partial charge in [-0.3, -0.25) is 9.59 Å². The molecule has 2 N–H and O–H groups in total. The number of carbonyl (C=O) groups is 2. The molecule has 3 aromatic carbocycles. The first-order valence-electron chi connectivity index (χ1n) is 13.3. The number of carbonyl (C=O) groups excluding carboxylic acids is 2. The highest BCUT2D eigenvalue weighted by molar-refractivity contribution is 6.38. The number of pyridine rings is 1. The monoisotopic (exact) mass is 662 g/mol. The first kappa shape index (κ1) is 35.7. The molecule has 7 nitrogen and oxygen atoms in total. The third-order valence-electron chi connectivity index (χ3n) is 6.43. The Morgan fingerprint density at radius 3 is 2.47 bits per heavy atom. The number of hydrogen-bond donors (Lipinski definition) is 2. The standard InChI is InChI=1S/C32H32Cl2N4O3.2ClH/c1-4-18-35-24-13-9-22(10-14-24)11-17-29(39)36-19-30(40)38(3)27-16-15-26(33)25(31(27)34)20-41-28-7-5-6-23-12-8-21(2)37-32(23)28;;/h5-17,35H,4,18-20H2,1-3H3,(H,36,39);2*1H/b17-11+;;. The third kappa shape index (κ3) is 9.50. The van der Waals surface area contributed by atoms with Crippen molar-refractivity contribution in [3.63, 3.8) is 0 Å². The van der Waals surface area contributed by atoms with E-state index >= 15 is 0 Å². The minimum absolute atomic E-state index is 0. The van der Waals surface area contributed by atoms with Crippen LogP contribution in [0.25, 0.3) is 17.0 Å². The van der Waals surface area contributed by atoms with Crippen LogP contribution in [0.5, 0.6) is 5.75 Å². The summed E-state index contributed by atoms with van der Waals surface area (Å²) in [7, 11) is 1.59. The summed E-state index contributed by atoms with van der Waals surface area (Å²) in [5, 5.41) is 7.59. The second kappa shape index (κ2) is 17.0. The van der Waals surface area contributed by atoms with Crippen molar-refractivity contribution in [1.82, 2.24) is 10.3 Å². The molecule has 1 aromatic heterocycles. The zero-order valence-electron chi connectivity index (χ0n) is 24.0. The van der Waals surface area contributed by atoms with E-state index in [1.807, 2.05) is 61.5 Å². The fraction of sp³-hybridized carbons (Fsp3) is 0.219. The smallest absolute Gasteiger partial charge is 0.246 e. The maximum absolute atomic E-state index is 12.9. The number of hydrogen-bond acceptors (Lipinski definition) is 5. The molecule has 1 heterocycles. The molecule has 0 aliphatic rings. The van der Waals surface area contributed by atoms with Crippen molar-refractivity contribution in [2.75, 3.05) is 30.4 Å². The molecule has 0 aliphatic carbocycles. The van der Waals surface area contributed by atoms with Gasteiger partial charge in [0.05, 0.1) is 17.3 Å². The molecule has 0 aliphatic heterocycles. The highest BCUT2D eigenvalue weighted by atomic mass is 35.5. The number of nitrogens with zero attached hydrogens (tertiary/aromatic N) is 2. The van der Waals surface area contributed by atoms with Gasteiger partial charge in [-0.1, -0.05) is 60.5 Å². The number of amides is 2. The zero-order valence-corrected chi connectivity index (χ0v) is 27.2. The van der Waals surface area contributed by atoms with E-state index in [2.05, 4.69) is 22.5 Å². The number of halogens is 4. The van der Waals surface area contributed by atoms with Gasteiger partial charge in [-0.15, -0.1) is 24.8 Å². The number of benzene rings is 3. The summed E-state index contributed by atoms with van der Waals surface area (Å²) in [6, 6.07) is 20.7. The number of likely N-dealkylation sites (N-methyl/N-ethyl adjacent to an activating group) is 1. The molecule has 0 saturated heterocycles. The first-order valence-corrected chi connectivity index (χ1v) is 14.0. The second-order valence-electron chi connectivity index (χ2n) is 9.48. The Balaban J connectivity index is 0.00000323. The molecule has 0 bridgehead atoms. The Bertz CT molecular complexity index is 1580. The molecule has 0 radical (unpaired) electrons. The number of anilines is 2. The minimum Gasteiger partial charge on any atom is -0.487 e. The average Bonchev–Trinajstić information content (AvgIpc) is 2.98. The summed E-state index contributed by atoms with van der Waals surface area (Å²) in [6.45, 7) is 4.81. The number of nitrogens with one attached hydrogen (secondary N) is 2. The number of para-hydroxylation sites is 1. The van der Waals surface area contributed by atoms with E-state index in [4.69, 9.17) is 27.9 Å². The lowest BCUT2D eigenvalue weighted by atomic mass is 10.1. The summed E-state index contributed by atoms with van der Waals surface area (Å²) < 4.78 is 6.08. The van der Waals surface area contributed by atoms with Crippen LogP contribution < -0.4 is 20.3 Å². The van der Waals surface area contributed by atoms with Crippen LogP contribution in [0.1, 0.15) is 30.2 Å². The third-order valence-corrected chi connectivity index (χ3v) is 7.20. The molecular formula is C32H34Cl4N4O3. The zero-order chi connectivity index (χ0) is 29.4. The van der Waals surface area contributed by atoms with Crippen molar-refractivity contribution in [1.29, 1.82) is 0 Å². The summed E-state index contributed by atoms with van der Waals surface area (Å²) in [4.78, 5) is 31.2. The van der Waals surface area contributed by atoms with E-state index in [0.29, 0.717) is 27.0 Å². The fourth-order valence-electron chi connectivity index (χ4n) is 4.09. The van der Waals surface area contributed by atoms with Crippen molar-refractivity contribution >= 4 is 88.2 Å². The molecule has 11 heteroatoms. The van der Waals surface area contributed by atoms with Crippen LogP contribution in [0.3, 0.4) is 0 Å². The van der Waals surface area contributed by atoms with Crippen LogP contribution in [-0.4, -0.2) is 36.9 Å². The molecule has 0 atom stereocenters. The highest BCUT2D eigenvalue weighted by Gasteiger charge is 2.19.